The van der Waals surface area contributed by atoms with E-state index < -0.39 is 23.0 Å². The minimum atomic E-state index is -3.52. The van der Waals surface area contributed by atoms with Gasteiger partial charge in [0.1, 0.15) is 0 Å². The van der Waals surface area contributed by atoms with Crippen LogP contribution in [-0.2, 0) is 10.0 Å². The second-order valence-corrected chi connectivity index (χ2v) is 6.73. The lowest BCUT2D eigenvalue weighted by Gasteiger charge is -2.23. The number of rotatable bonds is 8. The molecule has 118 valence electrons. The first-order valence-corrected chi connectivity index (χ1v) is 8.26. The summed E-state index contributed by atoms with van der Waals surface area (Å²) in [5, 5.41) is 0. The predicted molar refractivity (Wildman–Crippen MR) is 77.1 cm³/mol. The molecule has 0 aromatic heterocycles. The highest BCUT2D eigenvalue weighted by atomic mass is 32.2. The van der Waals surface area contributed by atoms with Crippen molar-refractivity contribution in [3.8, 4) is 0 Å². The number of anilines is 1. The minimum absolute atomic E-state index is 0.0299. The largest absolute Gasteiger partial charge is 0.365 e. The summed E-state index contributed by atoms with van der Waals surface area (Å²) in [4.78, 5) is 1.58. The lowest BCUT2D eigenvalue weighted by atomic mass is 10.3. The highest BCUT2D eigenvalue weighted by Crippen LogP contribution is 2.23. The van der Waals surface area contributed by atoms with Crippen molar-refractivity contribution in [1.82, 2.24) is 4.72 Å². The molecule has 0 spiro atoms. The minimum Gasteiger partial charge on any atom is -0.365 e. The number of hydrogen-bond acceptors (Lipinski definition) is 4. The molecule has 0 heterocycles. The zero-order valence-electron chi connectivity index (χ0n) is 11.5. The lowest BCUT2D eigenvalue weighted by molar-refractivity contribution is 0.155. The molecule has 0 radical (unpaired) electrons. The smallest absolute Gasteiger partial charge is 0.255 e. The maximum atomic E-state index is 12.5. The number of nitrogens with one attached hydrogen (secondary N) is 1. The summed E-state index contributed by atoms with van der Waals surface area (Å²) in [5.41, 5.74) is 5.94. The summed E-state index contributed by atoms with van der Waals surface area (Å²) in [6, 6.07) is 5.94. The second-order valence-electron chi connectivity index (χ2n) is 5.02. The molecule has 0 aliphatic heterocycles. The van der Waals surface area contributed by atoms with Crippen molar-refractivity contribution in [2.24, 2.45) is 5.73 Å². The number of nitrogens with two attached hydrogens (primary N) is 1. The molecule has 0 amide bonds. The third-order valence-electron chi connectivity index (χ3n) is 3.17. The molecule has 8 heteroatoms. The average Bonchev–Trinajstić information content (AvgIpc) is 3.21. The normalized spacial score (nSPS) is 15.4. The first-order chi connectivity index (χ1) is 9.92. The van der Waals surface area contributed by atoms with Gasteiger partial charge in [-0.1, -0.05) is 0 Å². The summed E-state index contributed by atoms with van der Waals surface area (Å²) >= 11 is 0. The third-order valence-corrected chi connectivity index (χ3v) is 4.71. The highest BCUT2D eigenvalue weighted by molar-refractivity contribution is 7.89. The van der Waals surface area contributed by atoms with Gasteiger partial charge in [0.25, 0.3) is 6.43 Å². The van der Waals surface area contributed by atoms with Crippen LogP contribution in [0.4, 0.5) is 14.5 Å². The van der Waals surface area contributed by atoms with E-state index in [1.165, 1.54) is 29.2 Å². The van der Waals surface area contributed by atoms with Crippen LogP contribution in [0.25, 0.3) is 0 Å². The zero-order valence-corrected chi connectivity index (χ0v) is 12.3. The second kappa shape index (κ2) is 6.67. The molecule has 0 atom stereocenters. The van der Waals surface area contributed by atoms with Crippen molar-refractivity contribution in [3.63, 3.8) is 0 Å². The molecule has 21 heavy (non-hydrogen) atoms. The molecule has 0 saturated heterocycles. The van der Waals surface area contributed by atoms with E-state index in [2.05, 4.69) is 4.72 Å². The van der Waals surface area contributed by atoms with Crippen molar-refractivity contribution in [2.45, 2.75) is 30.2 Å². The van der Waals surface area contributed by atoms with Gasteiger partial charge in [-0.15, -0.1) is 0 Å². The number of benzene rings is 1. The van der Waals surface area contributed by atoms with Gasteiger partial charge in [0.2, 0.25) is 10.0 Å². The molecule has 0 unspecified atom stereocenters. The Morgan fingerprint density at radius 2 is 1.90 bits per heavy atom. The summed E-state index contributed by atoms with van der Waals surface area (Å²) < 4.78 is 51.6. The number of alkyl halides is 2. The molecule has 5 nitrogen and oxygen atoms in total. The molecule has 1 fully saturated rings. The Morgan fingerprint density at radius 1 is 1.29 bits per heavy atom. The van der Waals surface area contributed by atoms with E-state index in [4.69, 9.17) is 5.73 Å². The standard InChI is InChI=1S/C13H19F2N3O2S/c14-13(15)9-18(8-7-16)11-3-5-12(6-4-11)21(19,20)17-10-1-2-10/h3-6,10,13,17H,1-2,7-9,16H2. The van der Waals surface area contributed by atoms with E-state index in [1.54, 1.807) is 0 Å². The Morgan fingerprint density at radius 3 is 2.38 bits per heavy atom. The van der Waals surface area contributed by atoms with E-state index >= 15 is 0 Å². The maximum Gasteiger partial charge on any atom is 0.255 e. The van der Waals surface area contributed by atoms with E-state index in [9.17, 15) is 17.2 Å². The quantitative estimate of drug-likeness (QED) is 0.754. The number of nitrogens with zero attached hydrogens (tertiary/aromatic N) is 1. The molecule has 1 saturated carbocycles. The summed E-state index contributed by atoms with van der Waals surface area (Å²) in [6.07, 6.45) is -0.761. The molecule has 1 aromatic rings. The van der Waals surface area contributed by atoms with E-state index in [1.807, 2.05) is 0 Å². The van der Waals surface area contributed by atoms with Crippen LogP contribution in [0.1, 0.15) is 12.8 Å². The van der Waals surface area contributed by atoms with Crippen LogP contribution in [0, 0.1) is 0 Å². The first kappa shape index (κ1) is 16.1. The molecule has 2 rings (SSSR count). The Balaban J connectivity index is 2.12. The van der Waals surface area contributed by atoms with Gasteiger partial charge in [-0.3, -0.25) is 0 Å². The molecule has 0 bridgehead atoms. The van der Waals surface area contributed by atoms with Gasteiger partial charge >= 0.3 is 0 Å². The van der Waals surface area contributed by atoms with Crippen LogP contribution < -0.4 is 15.4 Å². The fourth-order valence-corrected chi connectivity index (χ4v) is 3.28. The van der Waals surface area contributed by atoms with Crippen LogP contribution in [0.3, 0.4) is 0 Å². The van der Waals surface area contributed by atoms with Crippen molar-refractivity contribution >= 4 is 15.7 Å². The fraction of sp³-hybridized carbons (Fsp3) is 0.538. The van der Waals surface area contributed by atoms with Gasteiger partial charge in [-0.25, -0.2) is 21.9 Å². The van der Waals surface area contributed by atoms with Gasteiger partial charge in [0, 0.05) is 24.8 Å². The van der Waals surface area contributed by atoms with Crippen LogP contribution in [0.2, 0.25) is 0 Å². The molecular weight excluding hydrogens is 300 g/mol. The zero-order chi connectivity index (χ0) is 15.5. The van der Waals surface area contributed by atoms with Crippen molar-refractivity contribution in [2.75, 3.05) is 24.5 Å². The van der Waals surface area contributed by atoms with Gasteiger partial charge in [0.15, 0.2) is 0 Å². The van der Waals surface area contributed by atoms with Crippen molar-refractivity contribution < 1.29 is 17.2 Å². The fourth-order valence-electron chi connectivity index (χ4n) is 1.97. The van der Waals surface area contributed by atoms with E-state index in [0.29, 0.717) is 5.69 Å². The molecular formula is C13H19F2N3O2S. The van der Waals surface area contributed by atoms with Crippen LogP contribution in [0.15, 0.2) is 29.2 Å². The van der Waals surface area contributed by atoms with Gasteiger partial charge in [-0.2, -0.15) is 0 Å². The van der Waals surface area contributed by atoms with Gasteiger partial charge in [-0.05, 0) is 37.1 Å². The Hall–Kier alpha value is -1.25. The molecule has 3 N–H and O–H groups in total. The average molecular weight is 319 g/mol. The van der Waals surface area contributed by atoms with Crippen LogP contribution >= 0.6 is 0 Å². The number of sulfonamides is 1. The Kier molecular flexibility index (Phi) is 5.13. The lowest BCUT2D eigenvalue weighted by Crippen LogP contribution is -2.33. The third kappa shape index (κ3) is 4.62. The molecule has 1 aromatic carbocycles. The molecule has 1 aliphatic carbocycles. The first-order valence-electron chi connectivity index (χ1n) is 6.78. The summed E-state index contributed by atoms with van der Waals surface area (Å²) in [6.45, 7) is 0.108. The van der Waals surface area contributed by atoms with Crippen LogP contribution in [-0.4, -0.2) is 40.5 Å². The van der Waals surface area contributed by atoms with Crippen LogP contribution in [0.5, 0.6) is 0 Å². The number of halogens is 2. The maximum absolute atomic E-state index is 12.5. The highest BCUT2D eigenvalue weighted by Gasteiger charge is 2.28. The van der Waals surface area contributed by atoms with Gasteiger partial charge < -0.3 is 10.6 Å². The monoisotopic (exact) mass is 319 g/mol. The Labute approximate surface area is 123 Å². The van der Waals surface area contributed by atoms with E-state index in [-0.39, 0.29) is 24.0 Å². The Bertz CT molecular complexity index is 559. The molecule has 1 aliphatic rings. The summed E-state index contributed by atoms with van der Waals surface area (Å²) in [7, 11) is -3.52. The van der Waals surface area contributed by atoms with Gasteiger partial charge in [0.05, 0.1) is 11.4 Å². The van der Waals surface area contributed by atoms with E-state index in [0.717, 1.165) is 12.8 Å². The summed E-state index contributed by atoms with van der Waals surface area (Å²) in [5.74, 6) is 0. The van der Waals surface area contributed by atoms with Crippen molar-refractivity contribution in [1.29, 1.82) is 0 Å². The number of hydrogen-bond donors (Lipinski definition) is 2. The predicted octanol–water partition coefficient (Wildman–Crippen LogP) is 1.16. The SMILES string of the molecule is NCCN(CC(F)F)c1ccc(S(=O)(=O)NC2CC2)cc1. The topological polar surface area (TPSA) is 75.4 Å². The van der Waals surface area contributed by atoms with Crippen molar-refractivity contribution in [3.05, 3.63) is 24.3 Å².